The zero-order valence-electron chi connectivity index (χ0n) is 8.50. The van der Waals surface area contributed by atoms with Crippen LogP contribution in [0, 0.1) is 0 Å². The third kappa shape index (κ3) is 3.04. The number of nitrogens with two attached hydrogens (primary N) is 1. The molecule has 14 heavy (non-hydrogen) atoms. The lowest BCUT2D eigenvalue weighted by Gasteiger charge is -2.03. The number of anilines is 1. The smallest absolute Gasteiger partial charge is 0.0316 e. The van der Waals surface area contributed by atoms with E-state index in [0.29, 0.717) is 0 Å². The van der Waals surface area contributed by atoms with Gasteiger partial charge >= 0.3 is 0 Å². The Balaban J connectivity index is 1.68. The normalized spacial score (nSPS) is 15.7. The van der Waals surface area contributed by atoms with Gasteiger partial charge in [-0.1, -0.05) is 12.1 Å². The highest BCUT2D eigenvalue weighted by molar-refractivity contribution is 5.40. The van der Waals surface area contributed by atoms with Crippen molar-refractivity contribution in [1.82, 2.24) is 5.32 Å². The van der Waals surface area contributed by atoms with Crippen LogP contribution in [0.1, 0.15) is 24.8 Å². The molecule has 2 rings (SSSR count). The number of hydrogen-bond donors (Lipinski definition) is 2. The first-order chi connectivity index (χ1) is 6.84. The van der Waals surface area contributed by atoms with Gasteiger partial charge in [-0.05, 0) is 49.9 Å². The van der Waals surface area contributed by atoms with Crippen LogP contribution in [0.3, 0.4) is 0 Å². The number of nitrogen functional groups attached to an aromatic ring is 1. The van der Waals surface area contributed by atoms with Gasteiger partial charge in [0.1, 0.15) is 0 Å². The van der Waals surface area contributed by atoms with Gasteiger partial charge in [-0.25, -0.2) is 0 Å². The Morgan fingerprint density at radius 1 is 1.36 bits per heavy atom. The van der Waals surface area contributed by atoms with E-state index in [1.807, 2.05) is 12.1 Å². The Morgan fingerprint density at radius 2 is 2.21 bits per heavy atom. The van der Waals surface area contributed by atoms with Crippen molar-refractivity contribution in [2.45, 2.75) is 31.7 Å². The molecule has 0 aromatic heterocycles. The number of hydrogen-bond acceptors (Lipinski definition) is 2. The van der Waals surface area contributed by atoms with Gasteiger partial charge in [-0.2, -0.15) is 0 Å². The first-order valence-corrected chi connectivity index (χ1v) is 5.42. The van der Waals surface area contributed by atoms with Gasteiger partial charge in [0.25, 0.3) is 0 Å². The first-order valence-electron chi connectivity index (χ1n) is 5.42. The Bertz CT molecular complexity index is 292. The molecule has 1 aromatic rings. The molecule has 2 heteroatoms. The van der Waals surface area contributed by atoms with E-state index in [1.165, 1.54) is 24.8 Å². The second-order valence-corrected chi connectivity index (χ2v) is 4.08. The maximum atomic E-state index is 5.71. The van der Waals surface area contributed by atoms with Crippen molar-refractivity contribution in [3.63, 3.8) is 0 Å². The molecular weight excluding hydrogens is 172 g/mol. The molecule has 1 aliphatic rings. The molecule has 0 heterocycles. The average molecular weight is 190 g/mol. The van der Waals surface area contributed by atoms with Gasteiger partial charge in [0, 0.05) is 11.7 Å². The quantitative estimate of drug-likeness (QED) is 0.550. The molecule has 0 radical (unpaired) electrons. The maximum Gasteiger partial charge on any atom is 0.0316 e. The van der Waals surface area contributed by atoms with Crippen LogP contribution in [-0.4, -0.2) is 12.6 Å². The van der Waals surface area contributed by atoms with E-state index in [-0.39, 0.29) is 0 Å². The van der Waals surface area contributed by atoms with E-state index in [0.717, 1.165) is 24.7 Å². The van der Waals surface area contributed by atoms with Crippen molar-refractivity contribution in [1.29, 1.82) is 0 Å². The van der Waals surface area contributed by atoms with Gasteiger partial charge in [0.15, 0.2) is 0 Å². The Hall–Kier alpha value is -1.02. The topological polar surface area (TPSA) is 38.0 Å². The van der Waals surface area contributed by atoms with Crippen molar-refractivity contribution in [3.05, 3.63) is 29.8 Å². The molecule has 1 aliphatic carbocycles. The molecule has 3 N–H and O–H groups in total. The summed E-state index contributed by atoms with van der Waals surface area (Å²) >= 11 is 0. The number of nitrogens with one attached hydrogen (secondary N) is 1. The monoisotopic (exact) mass is 190 g/mol. The predicted molar refractivity (Wildman–Crippen MR) is 60.2 cm³/mol. The number of aryl methyl sites for hydroxylation is 1. The molecule has 0 atom stereocenters. The molecule has 0 aliphatic heterocycles. The molecule has 1 saturated carbocycles. The van der Waals surface area contributed by atoms with E-state index in [4.69, 9.17) is 5.73 Å². The molecule has 0 bridgehead atoms. The van der Waals surface area contributed by atoms with Gasteiger partial charge in [0.2, 0.25) is 0 Å². The van der Waals surface area contributed by atoms with E-state index in [1.54, 1.807) is 0 Å². The highest BCUT2D eigenvalue weighted by atomic mass is 14.9. The van der Waals surface area contributed by atoms with Crippen LogP contribution in [0.15, 0.2) is 24.3 Å². The largest absolute Gasteiger partial charge is 0.399 e. The second kappa shape index (κ2) is 4.47. The van der Waals surface area contributed by atoms with E-state index in [9.17, 15) is 0 Å². The molecule has 1 fully saturated rings. The molecule has 0 spiro atoms. The summed E-state index contributed by atoms with van der Waals surface area (Å²) in [4.78, 5) is 0. The highest BCUT2D eigenvalue weighted by Crippen LogP contribution is 2.18. The van der Waals surface area contributed by atoms with Crippen LogP contribution in [0.4, 0.5) is 5.69 Å². The van der Waals surface area contributed by atoms with Gasteiger partial charge in [-0.3, -0.25) is 0 Å². The lowest BCUT2D eigenvalue weighted by Crippen LogP contribution is -2.17. The molecule has 76 valence electrons. The zero-order chi connectivity index (χ0) is 9.80. The lowest BCUT2D eigenvalue weighted by molar-refractivity contribution is 0.645. The summed E-state index contributed by atoms with van der Waals surface area (Å²) < 4.78 is 0. The molecular formula is C12H18N2. The molecule has 1 aromatic carbocycles. The molecule has 0 saturated heterocycles. The fourth-order valence-electron chi connectivity index (χ4n) is 1.63. The molecule has 0 unspecified atom stereocenters. The van der Waals surface area contributed by atoms with Crippen LogP contribution in [-0.2, 0) is 6.42 Å². The summed E-state index contributed by atoms with van der Waals surface area (Å²) in [6, 6.07) is 9.01. The Kier molecular flexibility index (Phi) is 3.04. The van der Waals surface area contributed by atoms with Gasteiger partial charge in [0.05, 0.1) is 0 Å². The third-order valence-corrected chi connectivity index (χ3v) is 2.60. The Labute approximate surface area is 85.5 Å². The minimum Gasteiger partial charge on any atom is -0.399 e. The van der Waals surface area contributed by atoms with Crippen LogP contribution in [0.5, 0.6) is 0 Å². The fraction of sp³-hybridized carbons (Fsp3) is 0.500. The summed E-state index contributed by atoms with van der Waals surface area (Å²) in [5, 5.41) is 3.51. The van der Waals surface area contributed by atoms with Gasteiger partial charge < -0.3 is 11.1 Å². The highest BCUT2D eigenvalue weighted by Gasteiger charge is 2.19. The van der Waals surface area contributed by atoms with Crippen LogP contribution >= 0.6 is 0 Å². The lowest BCUT2D eigenvalue weighted by atomic mass is 10.1. The second-order valence-electron chi connectivity index (χ2n) is 4.08. The average Bonchev–Trinajstić information content (AvgIpc) is 2.96. The predicted octanol–water partition coefficient (Wildman–Crippen LogP) is 1.95. The minimum absolute atomic E-state index is 0.829. The van der Waals surface area contributed by atoms with E-state index >= 15 is 0 Å². The minimum atomic E-state index is 0.829. The summed E-state index contributed by atoms with van der Waals surface area (Å²) in [5.41, 5.74) is 7.93. The SMILES string of the molecule is Nc1cccc(CCCNC2CC2)c1. The summed E-state index contributed by atoms with van der Waals surface area (Å²) in [6.45, 7) is 1.14. The van der Waals surface area contributed by atoms with Crippen LogP contribution < -0.4 is 11.1 Å². The maximum absolute atomic E-state index is 5.71. The van der Waals surface area contributed by atoms with Crippen molar-refractivity contribution in [2.24, 2.45) is 0 Å². The van der Waals surface area contributed by atoms with E-state index < -0.39 is 0 Å². The first kappa shape index (κ1) is 9.53. The molecule has 2 nitrogen and oxygen atoms in total. The van der Waals surface area contributed by atoms with Crippen molar-refractivity contribution in [3.8, 4) is 0 Å². The molecule has 0 amide bonds. The van der Waals surface area contributed by atoms with Crippen LogP contribution in [0.25, 0.3) is 0 Å². The van der Waals surface area contributed by atoms with Gasteiger partial charge in [-0.15, -0.1) is 0 Å². The third-order valence-electron chi connectivity index (χ3n) is 2.60. The zero-order valence-corrected chi connectivity index (χ0v) is 8.50. The van der Waals surface area contributed by atoms with Crippen molar-refractivity contribution < 1.29 is 0 Å². The summed E-state index contributed by atoms with van der Waals surface area (Å²) in [7, 11) is 0. The summed E-state index contributed by atoms with van der Waals surface area (Å²) in [5.74, 6) is 0. The van der Waals surface area contributed by atoms with Crippen molar-refractivity contribution >= 4 is 5.69 Å². The standard InChI is InChI=1S/C12H18N2/c13-11-5-1-3-10(9-11)4-2-8-14-12-6-7-12/h1,3,5,9,12,14H,2,4,6-8,13H2. The van der Waals surface area contributed by atoms with Crippen LogP contribution in [0.2, 0.25) is 0 Å². The van der Waals surface area contributed by atoms with E-state index in [2.05, 4.69) is 17.4 Å². The number of rotatable bonds is 5. The van der Waals surface area contributed by atoms with Crippen molar-refractivity contribution in [2.75, 3.05) is 12.3 Å². The summed E-state index contributed by atoms with van der Waals surface area (Å²) in [6.07, 6.45) is 5.08. The Morgan fingerprint density at radius 3 is 2.93 bits per heavy atom. The number of benzene rings is 1. The fourth-order valence-corrected chi connectivity index (χ4v) is 1.63.